The highest BCUT2D eigenvalue weighted by Gasteiger charge is 2.23. The molecule has 1 fully saturated rings. The first-order chi connectivity index (χ1) is 13.4. The van der Waals surface area contributed by atoms with Crippen LogP contribution in [0.4, 0.5) is 8.78 Å². The van der Waals surface area contributed by atoms with Gasteiger partial charge in [-0.15, -0.1) is 24.0 Å². The molecule has 1 aromatic rings. The summed E-state index contributed by atoms with van der Waals surface area (Å²) in [5, 5.41) is 6.34. The molecule has 1 amide bonds. The fourth-order valence-electron chi connectivity index (χ4n) is 3.18. The van der Waals surface area contributed by atoms with Gasteiger partial charge >= 0.3 is 6.61 Å². The fourth-order valence-corrected chi connectivity index (χ4v) is 3.38. The predicted octanol–water partition coefficient (Wildman–Crippen LogP) is 3.87. The Hall–Kier alpha value is -1.36. The van der Waals surface area contributed by atoms with E-state index in [-0.39, 0.29) is 42.2 Å². The summed E-state index contributed by atoms with van der Waals surface area (Å²) in [7, 11) is 1.65. The highest BCUT2D eigenvalue weighted by atomic mass is 127. The molecule has 1 aliphatic heterocycles. The number of rotatable bonds is 7. The van der Waals surface area contributed by atoms with E-state index in [0.717, 1.165) is 25.9 Å². The Bertz CT molecular complexity index is 686. The summed E-state index contributed by atoms with van der Waals surface area (Å²) in [5.41, 5.74) is 0.498. The maximum atomic E-state index is 12.6. The summed E-state index contributed by atoms with van der Waals surface area (Å²) in [6, 6.07) is 4.52. The van der Waals surface area contributed by atoms with Crippen molar-refractivity contribution >= 4 is 47.4 Å². The molecule has 0 saturated carbocycles. The topological polar surface area (TPSA) is 66.0 Å². The van der Waals surface area contributed by atoms with Crippen LogP contribution in [0.3, 0.4) is 0 Å². The predicted molar refractivity (Wildman–Crippen MR) is 121 cm³/mol. The molecule has 1 saturated heterocycles. The minimum atomic E-state index is -2.91. The fraction of sp³-hybridized carbons (Fsp3) is 0.579. The largest absolute Gasteiger partial charge is 0.434 e. The lowest BCUT2D eigenvalue weighted by Crippen LogP contribution is -2.46. The molecule has 0 atom stereocenters. The maximum Gasteiger partial charge on any atom is 0.387 e. The third-order valence-electron chi connectivity index (χ3n) is 4.64. The van der Waals surface area contributed by atoms with Crippen molar-refractivity contribution in [3.05, 3.63) is 28.8 Å². The van der Waals surface area contributed by atoms with E-state index in [1.807, 2.05) is 6.92 Å². The molecule has 10 heteroatoms. The number of amides is 1. The van der Waals surface area contributed by atoms with Gasteiger partial charge < -0.3 is 20.3 Å². The molecule has 6 nitrogen and oxygen atoms in total. The molecule has 2 N–H and O–H groups in total. The minimum Gasteiger partial charge on any atom is -0.434 e. The van der Waals surface area contributed by atoms with Gasteiger partial charge in [0.15, 0.2) is 5.96 Å². The zero-order chi connectivity index (χ0) is 20.5. The molecular formula is C19H28ClF2IN4O2. The maximum absolute atomic E-state index is 12.6. The minimum absolute atomic E-state index is 0. The standard InChI is InChI=1S/C19H27ClF2N4O2.HI/c1-3-24-19(26-8-6-13(7-9-26)10-17(27)23-2)25-12-14-11-15(20)4-5-16(14)28-18(21)22;/h4-5,11,13,18H,3,6-10,12H2,1-2H3,(H,23,27)(H,24,25);1H. The van der Waals surface area contributed by atoms with E-state index >= 15 is 0 Å². The number of hydrogen-bond donors (Lipinski definition) is 2. The lowest BCUT2D eigenvalue weighted by Gasteiger charge is -2.34. The van der Waals surface area contributed by atoms with Crippen molar-refractivity contribution in [1.29, 1.82) is 0 Å². The van der Waals surface area contributed by atoms with Crippen molar-refractivity contribution in [3.8, 4) is 5.75 Å². The van der Waals surface area contributed by atoms with Gasteiger partial charge in [-0.05, 0) is 43.9 Å². The molecule has 0 radical (unpaired) electrons. The molecular weight excluding hydrogens is 517 g/mol. The zero-order valence-corrected chi connectivity index (χ0v) is 19.7. The first kappa shape index (κ1) is 25.7. The number of aliphatic imine (C=N–C) groups is 1. The van der Waals surface area contributed by atoms with Crippen molar-refractivity contribution in [3.63, 3.8) is 0 Å². The van der Waals surface area contributed by atoms with Crippen LogP contribution in [0.15, 0.2) is 23.2 Å². The zero-order valence-electron chi connectivity index (χ0n) is 16.6. The molecule has 0 unspecified atom stereocenters. The Morgan fingerprint density at radius 2 is 2.07 bits per heavy atom. The Morgan fingerprint density at radius 1 is 1.38 bits per heavy atom. The second-order valence-electron chi connectivity index (χ2n) is 6.61. The molecule has 0 aliphatic carbocycles. The van der Waals surface area contributed by atoms with E-state index in [1.54, 1.807) is 13.1 Å². The molecule has 164 valence electrons. The van der Waals surface area contributed by atoms with Gasteiger partial charge in [0.1, 0.15) is 5.75 Å². The lowest BCUT2D eigenvalue weighted by atomic mass is 9.93. The van der Waals surface area contributed by atoms with Crippen molar-refractivity contribution < 1.29 is 18.3 Å². The van der Waals surface area contributed by atoms with E-state index in [9.17, 15) is 13.6 Å². The van der Waals surface area contributed by atoms with Crippen molar-refractivity contribution in [2.45, 2.75) is 39.3 Å². The summed E-state index contributed by atoms with van der Waals surface area (Å²) in [5.74, 6) is 1.21. The number of piperidine rings is 1. The number of likely N-dealkylation sites (tertiary alicyclic amines) is 1. The Labute approximate surface area is 192 Å². The first-order valence-corrected chi connectivity index (χ1v) is 9.77. The van der Waals surface area contributed by atoms with Gasteiger partial charge in [0.2, 0.25) is 5.91 Å². The molecule has 2 rings (SSSR count). The molecule has 1 aliphatic rings. The summed E-state index contributed by atoms with van der Waals surface area (Å²) < 4.78 is 29.8. The van der Waals surface area contributed by atoms with Gasteiger partial charge in [-0.3, -0.25) is 4.79 Å². The first-order valence-electron chi connectivity index (χ1n) is 9.40. The molecule has 0 spiro atoms. The van der Waals surface area contributed by atoms with Gasteiger partial charge in [-0.1, -0.05) is 11.6 Å². The van der Waals surface area contributed by atoms with Crippen LogP contribution in [0.5, 0.6) is 5.75 Å². The molecule has 0 bridgehead atoms. The van der Waals surface area contributed by atoms with Crippen LogP contribution in [0.2, 0.25) is 5.02 Å². The number of benzene rings is 1. The van der Waals surface area contributed by atoms with Crippen molar-refractivity contribution in [2.24, 2.45) is 10.9 Å². The summed E-state index contributed by atoms with van der Waals surface area (Å²) in [6.45, 7) is 1.48. The van der Waals surface area contributed by atoms with Crippen LogP contribution in [0.1, 0.15) is 31.7 Å². The van der Waals surface area contributed by atoms with E-state index in [0.29, 0.717) is 35.4 Å². The number of ether oxygens (including phenoxy) is 1. The molecule has 0 aromatic heterocycles. The Morgan fingerprint density at radius 3 is 2.66 bits per heavy atom. The third-order valence-corrected chi connectivity index (χ3v) is 4.87. The van der Waals surface area contributed by atoms with Crippen molar-refractivity contribution in [2.75, 3.05) is 26.7 Å². The van der Waals surface area contributed by atoms with Gasteiger partial charge in [0, 0.05) is 43.7 Å². The average Bonchev–Trinajstić information content (AvgIpc) is 2.67. The van der Waals surface area contributed by atoms with Gasteiger partial charge in [-0.2, -0.15) is 8.78 Å². The van der Waals surface area contributed by atoms with Gasteiger partial charge in [0.25, 0.3) is 0 Å². The molecule has 29 heavy (non-hydrogen) atoms. The monoisotopic (exact) mass is 544 g/mol. The smallest absolute Gasteiger partial charge is 0.387 e. The number of carbonyl (C=O) groups is 1. The Balaban J connectivity index is 0.00000420. The normalized spacial score (nSPS) is 15.1. The van der Waals surface area contributed by atoms with Crippen LogP contribution in [0, 0.1) is 5.92 Å². The van der Waals surface area contributed by atoms with Crippen LogP contribution in [0.25, 0.3) is 0 Å². The number of halogens is 4. The Kier molecular flexibility index (Phi) is 11.6. The van der Waals surface area contributed by atoms with Gasteiger partial charge in [-0.25, -0.2) is 4.99 Å². The van der Waals surface area contributed by atoms with Crippen LogP contribution in [-0.4, -0.2) is 50.1 Å². The second-order valence-corrected chi connectivity index (χ2v) is 7.04. The average molecular weight is 545 g/mol. The lowest BCUT2D eigenvalue weighted by molar-refractivity contribution is -0.121. The summed E-state index contributed by atoms with van der Waals surface area (Å²) in [6.07, 6.45) is 2.33. The van der Waals surface area contributed by atoms with E-state index < -0.39 is 6.61 Å². The van der Waals surface area contributed by atoms with Gasteiger partial charge in [0.05, 0.1) is 6.54 Å². The van der Waals surface area contributed by atoms with Crippen LogP contribution >= 0.6 is 35.6 Å². The molecule has 1 aromatic carbocycles. The third kappa shape index (κ3) is 8.49. The van der Waals surface area contributed by atoms with E-state index in [4.69, 9.17) is 11.6 Å². The number of hydrogen-bond acceptors (Lipinski definition) is 3. The van der Waals surface area contributed by atoms with E-state index in [2.05, 4.69) is 25.3 Å². The SMILES string of the molecule is CCNC(=NCc1cc(Cl)ccc1OC(F)F)N1CCC(CC(=O)NC)CC1.I. The second kappa shape index (κ2) is 13.0. The number of alkyl halides is 2. The number of guanidine groups is 1. The number of nitrogens with zero attached hydrogens (tertiary/aromatic N) is 2. The molecule has 1 heterocycles. The van der Waals surface area contributed by atoms with E-state index in [1.165, 1.54) is 12.1 Å². The summed E-state index contributed by atoms with van der Waals surface area (Å²) >= 11 is 6.00. The van der Waals surface area contributed by atoms with Crippen LogP contribution < -0.4 is 15.4 Å². The van der Waals surface area contributed by atoms with Crippen molar-refractivity contribution in [1.82, 2.24) is 15.5 Å². The number of nitrogens with one attached hydrogen (secondary N) is 2. The number of carbonyl (C=O) groups excluding carboxylic acids is 1. The highest BCUT2D eigenvalue weighted by molar-refractivity contribution is 14.0. The quantitative estimate of drug-likeness (QED) is 0.311. The highest BCUT2D eigenvalue weighted by Crippen LogP contribution is 2.26. The van der Waals surface area contributed by atoms with Crippen LogP contribution in [-0.2, 0) is 11.3 Å². The summed E-state index contributed by atoms with van der Waals surface area (Å²) in [4.78, 5) is 18.3.